The third-order valence-corrected chi connectivity index (χ3v) is 2.94. The summed E-state index contributed by atoms with van der Waals surface area (Å²) in [5, 5.41) is 7.92. The Hall–Kier alpha value is -1.92. The molecule has 0 saturated heterocycles. The Kier molecular flexibility index (Phi) is 6.33. The highest BCUT2D eigenvalue weighted by Gasteiger charge is 2.21. The van der Waals surface area contributed by atoms with E-state index in [1.165, 1.54) is 4.90 Å². The molecule has 0 aromatic carbocycles. The number of aromatic nitrogens is 3. The van der Waals surface area contributed by atoms with Gasteiger partial charge in [0.1, 0.15) is 0 Å². The third-order valence-electron chi connectivity index (χ3n) is 2.94. The SMILES string of the molecule is CCOC(=O)c1nnn(CCC(=O)N(C)C)c1CC(C)C. The number of hydrogen-bond donors (Lipinski definition) is 0. The Morgan fingerprint density at radius 2 is 2.00 bits per heavy atom. The first kappa shape index (κ1) is 17.1. The first-order valence-electron chi connectivity index (χ1n) is 7.16. The third kappa shape index (κ3) is 4.84. The van der Waals surface area contributed by atoms with Crippen LogP contribution in [0.1, 0.15) is 43.4 Å². The maximum atomic E-state index is 11.9. The zero-order valence-corrected chi connectivity index (χ0v) is 13.4. The standard InChI is InChI=1S/C14H24N4O3/c1-6-21-14(20)13-11(9-10(2)3)18(16-15-13)8-7-12(19)17(4)5/h10H,6-9H2,1-5H3. The fourth-order valence-corrected chi connectivity index (χ4v) is 1.88. The van der Waals surface area contributed by atoms with Crippen molar-refractivity contribution < 1.29 is 14.3 Å². The Balaban J connectivity index is 2.92. The summed E-state index contributed by atoms with van der Waals surface area (Å²) in [4.78, 5) is 25.1. The van der Waals surface area contributed by atoms with Gasteiger partial charge in [-0.1, -0.05) is 19.1 Å². The van der Waals surface area contributed by atoms with Crippen molar-refractivity contribution in [2.45, 2.75) is 40.2 Å². The summed E-state index contributed by atoms with van der Waals surface area (Å²) in [7, 11) is 3.42. The van der Waals surface area contributed by atoms with Gasteiger partial charge >= 0.3 is 5.97 Å². The fourth-order valence-electron chi connectivity index (χ4n) is 1.88. The molecule has 1 aromatic heterocycles. The molecule has 0 atom stereocenters. The lowest BCUT2D eigenvalue weighted by Gasteiger charge is -2.12. The number of amides is 1. The quantitative estimate of drug-likeness (QED) is 0.705. The van der Waals surface area contributed by atoms with Crippen LogP contribution in [0.2, 0.25) is 0 Å². The molecular formula is C14H24N4O3. The van der Waals surface area contributed by atoms with Crippen LogP contribution in [0.4, 0.5) is 0 Å². The van der Waals surface area contributed by atoms with Gasteiger partial charge < -0.3 is 9.64 Å². The smallest absolute Gasteiger partial charge is 0.360 e. The number of carbonyl (C=O) groups excluding carboxylic acids is 2. The van der Waals surface area contributed by atoms with Gasteiger partial charge in [-0.25, -0.2) is 9.48 Å². The molecule has 0 radical (unpaired) electrons. The normalized spacial score (nSPS) is 10.8. The van der Waals surface area contributed by atoms with Crippen molar-refractivity contribution in [2.75, 3.05) is 20.7 Å². The maximum Gasteiger partial charge on any atom is 0.360 e. The van der Waals surface area contributed by atoms with Crippen molar-refractivity contribution in [3.63, 3.8) is 0 Å². The number of hydrogen-bond acceptors (Lipinski definition) is 5. The molecule has 0 aliphatic carbocycles. The molecule has 0 saturated carbocycles. The largest absolute Gasteiger partial charge is 0.461 e. The lowest BCUT2D eigenvalue weighted by molar-refractivity contribution is -0.128. The highest BCUT2D eigenvalue weighted by molar-refractivity contribution is 5.88. The second-order valence-electron chi connectivity index (χ2n) is 5.46. The highest BCUT2D eigenvalue weighted by atomic mass is 16.5. The van der Waals surface area contributed by atoms with E-state index < -0.39 is 5.97 Å². The minimum absolute atomic E-state index is 0.0127. The fraction of sp³-hybridized carbons (Fsp3) is 0.714. The van der Waals surface area contributed by atoms with Crippen LogP contribution >= 0.6 is 0 Å². The average molecular weight is 296 g/mol. The summed E-state index contributed by atoms with van der Waals surface area (Å²) in [6.45, 7) is 6.56. The Labute approximate surface area is 125 Å². The van der Waals surface area contributed by atoms with Crippen LogP contribution in [0, 0.1) is 5.92 Å². The monoisotopic (exact) mass is 296 g/mol. The maximum absolute atomic E-state index is 11.9. The molecule has 0 bridgehead atoms. The zero-order valence-electron chi connectivity index (χ0n) is 13.4. The average Bonchev–Trinajstić information content (AvgIpc) is 2.78. The summed E-state index contributed by atoms with van der Waals surface area (Å²) in [5.74, 6) is -0.100. The molecule has 0 spiro atoms. The first-order chi connectivity index (χ1) is 9.86. The van der Waals surface area contributed by atoms with Gasteiger partial charge in [0.05, 0.1) is 18.8 Å². The van der Waals surface area contributed by atoms with Crippen LogP contribution in [0.25, 0.3) is 0 Å². The number of esters is 1. The molecule has 0 unspecified atom stereocenters. The first-order valence-corrected chi connectivity index (χ1v) is 7.16. The minimum Gasteiger partial charge on any atom is -0.461 e. The zero-order chi connectivity index (χ0) is 16.0. The summed E-state index contributed by atoms with van der Waals surface area (Å²) in [6, 6.07) is 0. The van der Waals surface area contributed by atoms with Crippen molar-refractivity contribution in [2.24, 2.45) is 5.92 Å². The van der Waals surface area contributed by atoms with E-state index in [1.807, 2.05) is 0 Å². The summed E-state index contributed by atoms with van der Waals surface area (Å²) < 4.78 is 6.63. The molecule has 21 heavy (non-hydrogen) atoms. The van der Waals surface area contributed by atoms with E-state index in [9.17, 15) is 9.59 Å². The van der Waals surface area contributed by atoms with Crippen LogP contribution in [0.5, 0.6) is 0 Å². The predicted octanol–water partition coefficient (Wildman–Crippen LogP) is 1.13. The molecule has 0 fully saturated rings. The Morgan fingerprint density at radius 3 is 2.52 bits per heavy atom. The van der Waals surface area contributed by atoms with Crippen molar-refractivity contribution in [3.8, 4) is 0 Å². The number of carbonyl (C=O) groups is 2. The molecule has 7 nitrogen and oxygen atoms in total. The number of rotatable bonds is 7. The summed E-state index contributed by atoms with van der Waals surface area (Å²) in [6.07, 6.45) is 0.987. The van der Waals surface area contributed by atoms with Crippen molar-refractivity contribution in [3.05, 3.63) is 11.4 Å². The molecule has 1 amide bonds. The van der Waals surface area contributed by atoms with Gasteiger partial charge in [-0.15, -0.1) is 5.10 Å². The van der Waals surface area contributed by atoms with E-state index >= 15 is 0 Å². The van der Waals surface area contributed by atoms with Crippen molar-refractivity contribution >= 4 is 11.9 Å². The number of nitrogens with zero attached hydrogens (tertiary/aromatic N) is 4. The molecular weight excluding hydrogens is 272 g/mol. The van der Waals surface area contributed by atoms with Crippen molar-refractivity contribution in [1.82, 2.24) is 19.9 Å². The highest BCUT2D eigenvalue weighted by Crippen LogP contribution is 2.14. The second-order valence-corrected chi connectivity index (χ2v) is 5.46. The second kappa shape index (κ2) is 7.75. The molecule has 0 aliphatic heterocycles. The Morgan fingerprint density at radius 1 is 1.33 bits per heavy atom. The lowest BCUT2D eigenvalue weighted by atomic mass is 10.1. The van der Waals surface area contributed by atoms with Crippen LogP contribution in [0.15, 0.2) is 0 Å². The molecule has 1 heterocycles. The van der Waals surface area contributed by atoms with Gasteiger partial charge in [0.2, 0.25) is 5.91 Å². The molecule has 0 aliphatic rings. The van der Waals surface area contributed by atoms with E-state index in [0.717, 1.165) is 5.69 Å². The van der Waals surface area contributed by atoms with Gasteiger partial charge in [0.25, 0.3) is 0 Å². The van der Waals surface area contributed by atoms with E-state index in [2.05, 4.69) is 24.2 Å². The predicted molar refractivity (Wildman–Crippen MR) is 77.8 cm³/mol. The number of aryl methyl sites for hydroxylation is 1. The molecule has 0 N–H and O–H groups in total. The van der Waals surface area contributed by atoms with Gasteiger partial charge in [-0.2, -0.15) is 0 Å². The minimum atomic E-state index is -0.460. The van der Waals surface area contributed by atoms with E-state index in [-0.39, 0.29) is 11.6 Å². The van der Waals surface area contributed by atoms with E-state index in [4.69, 9.17) is 4.74 Å². The summed E-state index contributed by atoms with van der Waals surface area (Å²) >= 11 is 0. The Bertz CT molecular complexity index is 494. The molecule has 1 rings (SSSR count). The number of ether oxygens (including phenoxy) is 1. The van der Waals surface area contributed by atoms with Crippen molar-refractivity contribution in [1.29, 1.82) is 0 Å². The molecule has 1 aromatic rings. The van der Waals surface area contributed by atoms with E-state index in [1.54, 1.807) is 25.7 Å². The van der Waals surface area contributed by atoms with E-state index in [0.29, 0.717) is 31.9 Å². The molecule has 118 valence electrons. The van der Waals surface area contributed by atoms with Gasteiger partial charge in [0.15, 0.2) is 5.69 Å². The van der Waals surface area contributed by atoms with Gasteiger partial charge in [0, 0.05) is 20.5 Å². The van der Waals surface area contributed by atoms with Crippen LogP contribution in [-0.2, 0) is 22.5 Å². The van der Waals surface area contributed by atoms with Crippen LogP contribution in [-0.4, -0.2) is 52.5 Å². The summed E-state index contributed by atoms with van der Waals surface area (Å²) in [5.41, 5.74) is 0.984. The van der Waals surface area contributed by atoms with Gasteiger partial charge in [-0.3, -0.25) is 4.79 Å². The molecule has 7 heteroatoms. The topological polar surface area (TPSA) is 77.3 Å². The van der Waals surface area contributed by atoms with Gasteiger partial charge in [-0.05, 0) is 19.3 Å². The van der Waals surface area contributed by atoms with Crippen LogP contribution < -0.4 is 0 Å². The van der Waals surface area contributed by atoms with Crippen LogP contribution in [0.3, 0.4) is 0 Å². The lowest BCUT2D eigenvalue weighted by Crippen LogP contribution is -2.23.